The van der Waals surface area contributed by atoms with E-state index >= 15 is 0 Å². The fourth-order valence-corrected chi connectivity index (χ4v) is 3.78. The normalized spacial score (nSPS) is 17.0. The summed E-state index contributed by atoms with van der Waals surface area (Å²) in [5.74, 6) is -0.695. The highest BCUT2D eigenvalue weighted by Gasteiger charge is 2.32. The Kier molecular flexibility index (Phi) is 7.40. The second-order valence-corrected chi connectivity index (χ2v) is 7.94. The summed E-state index contributed by atoms with van der Waals surface area (Å²) in [4.78, 5) is 11.1. The lowest BCUT2D eigenvalue weighted by Gasteiger charge is -2.32. The molecular formula is C22H24N6S2. The summed E-state index contributed by atoms with van der Waals surface area (Å²) in [5, 5.41) is 7.40. The van der Waals surface area contributed by atoms with Crippen LogP contribution in [0.3, 0.4) is 0 Å². The number of nitrogens with one attached hydrogen (secondary N) is 2. The van der Waals surface area contributed by atoms with E-state index in [4.69, 9.17) is 11.5 Å². The van der Waals surface area contributed by atoms with Crippen molar-refractivity contribution in [1.29, 1.82) is 0 Å². The van der Waals surface area contributed by atoms with E-state index in [0.29, 0.717) is 0 Å². The van der Waals surface area contributed by atoms with E-state index in [-0.39, 0.29) is 0 Å². The van der Waals surface area contributed by atoms with Crippen LogP contribution < -0.4 is 22.1 Å². The Hall–Kier alpha value is -2.94. The number of hydrogen-bond acceptors (Lipinski definition) is 8. The van der Waals surface area contributed by atoms with E-state index in [1.54, 1.807) is 24.2 Å². The molecule has 0 bridgehead atoms. The topological polar surface area (TPSA) is 101 Å². The first kappa shape index (κ1) is 21.8. The monoisotopic (exact) mass is 436 g/mol. The minimum absolute atomic E-state index is 0.695. The van der Waals surface area contributed by atoms with Crippen LogP contribution >= 0.6 is 24.4 Å². The summed E-state index contributed by atoms with van der Waals surface area (Å²) in [6.07, 6.45) is 7.29. The van der Waals surface area contributed by atoms with Gasteiger partial charge >= 0.3 is 0 Å². The number of thiol groups is 1. The van der Waals surface area contributed by atoms with Gasteiger partial charge in [0, 0.05) is 45.3 Å². The van der Waals surface area contributed by atoms with Gasteiger partial charge in [-0.15, -0.1) is 12.6 Å². The molecule has 0 radical (unpaired) electrons. The Labute approximate surface area is 186 Å². The van der Waals surface area contributed by atoms with Gasteiger partial charge in [0.2, 0.25) is 5.79 Å². The molecule has 6 nitrogen and oxygen atoms in total. The Morgan fingerprint density at radius 1 is 1.00 bits per heavy atom. The first-order valence-electron chi connectivity index (χ1n) is 9.23. The molecule has 1 aliphatic heterocycles. The standard InChI is InChI=1S/C16H17N5S.C6H7NS/c1-18-16(20-10-3-11-21-16)14-4-2-9-19-15(14)22-13-7-5-12(17)6-8-13;7-5-1-3-6(8)4-2-5/h2-11,18,20H,17H2,1H3;1-4,8H,7H2. The zero-order valence-electron chi connectivity index (χ0n) is 16.5. The summed E-state index contributed by atoms with van der Waals surface area (Å²) in [6.45, 7) is 0. The van der Waals surface area contributed by atoms with E-state index in [2.05, 4.69) is 33.2 Å². The van der Waals surface area contributed by atoms with Gasteiger partial charge in [-0.05, 0) is 73.8 Å². The van der Waals surface area contributed by atoms with Crippen LogP contribution in [0.5, 0.6) is 0 Å². The van der Waals surface area contributed by atoms with Crippen LogP contribution in [0.1, 0.15) is 5.56 Å². The lowest BCUT2D eigenvalue weighted by atomic mass is 10.1. The number of benzene rings is 2. The molecule has 2 aromatic carbocycles. The highest BCUT2D eigenvalue weighted by molar-refractivity contribution is 7.99. The van der Waals surface area contributed by atoms with Crippen molar-refractivity contribution in [2.45, 2.75) is 20.6 Å². The summed E-state index contributed by atoms with van der Waals surface area (Å²) >= 11 is 5.66. The fourth-order valence-electron chi connectivity index (χ4n) is 2.69. The molecule has 8 heteroatoms. The highest BCUT2D eigenvalue weighted by atomic mass is 32.2. The number of aliphatic imine (C=N–C) groups is 1. The molecule has 1 unspecified atom stereocenters. The van der Waals surface area contributed by atoms with E-state index in [0.717, 1.165) is 31.8 Å². The molecule has 3 aromatic rings. The number of anilines is 2. The number of nitrogens with zero attached hydrogens (tertiary/aromatic N) is 2. The van der Waals surface area contributed by atoms with Gasteiger partial charge < -0.3 is 16.8 Å². The van der Waals surface area contributed by atoms with Gasteiger partial charge in [-0.2, -0.15) is 0 Å². The third-order valence-electron chi connectivity index (χ3n) is 4.25. The second kappa shape index (κ2) is 10.2. The molecule has 0 saturated heterocycles. The van der Waals surface area contributed by atoms with Crippen LogP contribution in [0.25, 0.3) is 0 Å². The van der Waals surface area contributed by atoms with Crippen molar-refractivity contribution in [2.24, 2.45) is 4.99 Å². The molecule has 1 aliphatic rings. The van der Waals surface area contributed by atoms with Gasteiger partial charge in [0.05, 0.1) is 0 Å². The molecule has 154 valence electrons. The number of pyridine rings is 1. The van der Waals surface area contributed by atoms with Crippen molar-refractivity contribution in [3.8, 4) is 0 Å². The van der Waals surface area contributed by atoms with Gasteiger partial charge in [0.1, 0.15) is 5.03 Å². The summed E-state index contributed by atoms with van der Waals surface area (Å²) in [7, 11) is 1.87. The number of aromatic nitrogens is 1. The Bertz CT molecular complexity index is 998. The quantitative estimate of drug-likeness (QED) is 0.314. The Balaban J connectivity index is 0.000000269. The molecule has 0 fully saturated rings. The van der Waals surface area contributed by atoms with Crippen molar-refractivity contribution < 1.29 is 0 Å². The Morgan fingerprint density at radius 3 is 2.23 bits per heavy atom. The SMILES string of the molecule is CNC1(c2cccnc2Sc2ccc(N)cc2)N=CC=CN1.Nc1ccc(S)cc1. The Morgan fingerprint density at radius 2 is 1.67 bits per heavy atom. The van der Waals surface area contributed by atoms with Gasteiger partial charge in [-0.3, -0.25) is 5.32 Å². The van der Waals surface area contributed by atoms with Crippen molar-refractivity contribution in [3.05, 3.63) is 84.7 Å². The minimum Gasteiger partial charge on any atom is -0.399 e. The van der Waals surface area contributed by atoms with E-state index in [9.17, 15) is 0 Å². The number of rotatable bonds is 4. The van der Waals surface area contributed by atoms with Crippen molar-refractivity contribution in [2.75, 3.05) is 18.5 Å². The van der Waals surface area contributed by atoms with Gasteiger partial charge in [0.25, 0.3) is 0 Å². The summed E-state index contributed by atoms with van der Waals surface area (Å²) < 4.78 is 0. The first-order valence-corrected chi connectivity index (χ1v) is 10.5. The predicted octanol–water partition coefficient (Wildman–Crippen LogP) is 3.89. The van der Waals surface area contributed by atoms with Crippen LogP contribution in [0, 0.1) is 0 Å². The lowest BCUT2D eigenvalue weighted by molar-refractivity contribution is 0.324. The summed E-state index contributed by atoms with van der Waals surface area (Å²) in [6, 6.07) is 19.0. The molecule has 1 aromatic heterocycles. The molecule has 2 heterocycles. The number of allylic oxidation sites excluding steroid dienone is 1. The minimum atomic E-state index is -0.695. The average molecular weight is 437 g/mol. The largest absolute Gasteiger partial charge is 0.399 e. The maximum Gasteiger partial charge on any atom is 0.213 e. The molecule has 0 spiro atoms. The number of hydrogen-bond donors (Lipinski definition) is 5. The van der Waals surface area contributed by atoms with E-state index < -0.39 is 5.79 Å². The number of nitrogen functional groups attached to an aromatic ring is 2. The highest BCUT2D eigenvalue weighted by Crippen LogP contribution is 2.34. The third kappa shape index (κ3) is 5.56. The summed E-state index contributed by atoms with van der Waals surface area (Å²) in [5.41, 5.74) is 13.6. The molecular weight excluding hydrogens is 412 g/mol. The zero-order valence-corrected chi connectivity index (χ0v) is 18.2. The van der Waals surface area contributed by atoms with Crippen molar-refractivity contribution >= 4 is 42.0 Å². The van der Waals surface area contributed by atoms with Crippen LogP contribution in [0.4, 0.5) is 11.4 Å². The molecule has 4 rings (SSSR count). The molecule has 0 aliphatic carbocycles. The lowest BCUT2D eigenvalue weighted by Crippen LogP contribution is -2.50. The van der Waals surface area contributed by atoms with Crippen LogP contribution in [0.15, 0.2) is 98.9 Å². The van der Waals surface area contributed by atoms with Gasteiger partial charge in [-0.25, -0.2) is 9.98 Å². The van der Waals surface area contributed by atoms with Crippen molar-refractivity contribution in [1.82, 2.24) is 15.6 Å². The molecule has 1 atom stereocenters. The molecule has 6 N–H and O–H groups in total. The first-order chi connectivity index (χ1) is 14.5. The maximum atomic E-state index is 5.74. The van der Waals surface area contributed by atoms with Crippen LogP contribution in [-0.2, 0) is 5.79 Å². The molecule has 0 amide bonds. The van der Waals surface area contributed by atoms with Gasteiger partial charge in [0.15, 0.2) is 0 Å². The second-order valence-electron chi connectivity index (χ2n) is 6.36. The average Bonchev–Trinajstić information content (AvgIpc) is 2.79. The van der Waals surface area contributed by atoms with Gasteiger partial charge in [-0.1, -0.05) is 11.8 Å². The smallest absolute Gasteiger partial charge is 0.213 e. The van der Waals surface area contributed by atoms with E-state index in [1.807, 2.05) is 80.0 Å². The zero-order chi connectivity index (χ0) is 21.4. The van der Waals surface area contributed by atoms with E-state index in [1.165, 1.54) is 0 Å². The van der Waals surface area contributed by atoms with Crippen LogP contribution in [0.2, 0.25) is 0 Å². The third-order valence-corrected chi connectivity index (χ3v) is 5.58. The molecule has 0 saturated carbocycles. The predicted molar refractivity (Wildman–Crippen MR) is 129 cm³/mol. The van der Waals surface area contributed by atoms with Crippen LogP contribution in [-0.4, -0.2) is 18.2 Å². The maximum absolute atomic E-state index is 5.74. The number of nitrogens with two attached hydrogens (primary N) is 2. The molecule has 30 heavy (non-hydrogen) atoms. The fraction of sp³-hybridized carbons (Fsp3) is 0.0909. The van der Waals surface area contributed by atoms with Crippen molar-refractivity contribution in [3.63, 3.8) is 0 Å².